The van der Waals surface area contributed by atoms with E-state index in [1.807, 2.05) is 30.3 Å². The van der Waals surface area contributed by atoms with Crippen LogP contribution in [-0.2, 0) is 24.9 Å². The average molecular weight is 959 g/mol. The first-order valence-electron chi connectivity index (χ1n) is 24.8. The van der Waals surface area contributed by atoms with Gasteiger partial charge in [-0.05, 0) is 99.0 Å². The Bertz CT molecular complexity index is 2400. The molecular weight excluding hydrogens is 885 g/mol. The molecule has 0 heterocycles. The van der Waals surface area contributed by atoms with Gasteiger partial charge in [0, 0.05) is 19.3 Å². The number of ether oxygens (including phenoxy) is 2. The Hall–Kier alpha value is -5.42. The lowest BCUT2D eigenvalue weighted by molar-refractivity contribution is 0.0464. The van der Waals surface area contributed by atoms with E-state index in [-0.39, 0.29) is 27.9 Å². The maximum atomic E-state index is 13.5. The second-order valence-corrected chi connectivity index (χ2v) is 28.8. The Labute approximate surface area is 415 Å². The first-order valence-corrected chi connectivity index (χ1v) is 28.6. The van der Waals surface area contributed by atoms with Gasteiger partial charge in [0.05, 0.1) is 12.2 Å². The van der Waals surface area contributed by atoms with Crippen molar-refractivity contribution in [3.8, 4) is 0 Å². The minimum Gasteiger partial charge on any atom is -0.416 e. The molecule has 3 atom stereocenters. The number of benzene rings is 6. The van der Waals surface area contributed by atoms with Gasteiger partial charge in [-0.3, -0.25) is 0 Å². The van der Waals surface area contributed by atoms with Crippen molar-refractivity contribution < 1.29 is 28.2 Å². The first kappa shape index (κ1) is 52.9. The summed E-state index contributed by atoms with van der Waals surface area (Å²) in [6, 6.07) is 62.1. The van der Waals surface area contributed by atoms with Crippen molar-refractivity contribution in [1.29, 1.82) is 0 Å². The van der Waals surface area contributed by atoms with Crippen LogP contribution >= 0.6 is 0 Å². The van der Waals surface area contributed by atoms with Crippen molar-refractivity contribution in [1.82, 2.24) is 0 Å². The molecule has 69 heavy (non-hydrogen) atoms. The first-order chi connectivity index (χ1) is 33.2. The molecule has 0 radical (unpaired) electrons. The topological polar surface area (TPSA) is 74.2 Å². The monoisotopic (exact) mass is 959 g/mol. The third kappa shape index (κ3) is 14.1. The highest BCUT2D eigenvalue weighted by Gasteiger charge is 2.52. The largest absolute Gasteiger partial charge is 0.416 e. The van der Waals surface area contributed by atoms with Crippen molar-refractivity contribution >= 4 is 43.4 Å². The zero-order valence-electron chi connectivity index (χ0n) is 42.0. The molecular formula is C61H74O6Si2. The summed E-state index contributed by atoms with van der Waals surface area (Å²) in [7, 11) is -5.76. The van der Waals surface area contributed by atoms with E-state index >= 15 is 0 Å². The summed E-state index contributed by atoms with van der Waals surface area (Å²) >= 11 is 0. The summed E-state index contributed by atoms with van der Waals surface area (Å²) in [6.07, 6.45) is 4.25. The van der Waals surface area contributed by atoms with E-state index in [0.717, 1.165) is 24.8 Å². The van der Waals surface area contributed by atoms with Crippen molar-refractivity contribution in [3.05, 3.63) is 211 Å². The molecule has 6 aromatic carbocycles. The summed E-state index contributed by atoms with van der Waals surface area (Å²) in [5, 5.41) is 16.6. The van der Waals surface area contributed by atoms with Crippen molar-refractivity contribution in [2.45, 2.75) is 116 Å². The van der Waals surface area contributed by atoms with Crippen molar-refractivity contribution in [3.63, 3.8) is 0 Å². The number of aliphatic hydroxyl groups is 1. The van der Waals surface area contributed by atoms with E-state index in [0.29, 0.717) is 44.6 Å². The normalized spacial score (nSPS) is 13.4. The molecule has 0 spiro atoms. The van der Waals surface area contributed by atoms with E-state index in [4.69, 9.17) is 18.3 Å². The van der Waals surface area contributed by atoms with Gasteiger partial charge in [-0.2, -0.15) is 0 Å². The molecule has 0 saturated carbocycles. The van der Waals surface area contributed by atoms with Gasteiger partial charge >= 0.3 is 5.97 Å². The van der Waals surface area contributed by atoms with E-state index in [1.165, 1.54) is 20.7 Å². The molecule has 0 aromatic heterocycles. The summed E-state index contributed by atoms with van der Waals surface area (Å²) in [5.41, 5.74) is 4.73. The molecule has 0 bridgehead atoms. The van der Waals surface area contributed by atoms with Crippen LogP contribution in [0.5, 0.6) is 0 Å². The Morgan fingerprint density at radius 1 is 0.594 bits per heavy atom. The molecule has 0 amide bonds. The van der Waals surface area contributed by atoms with Gasteiger partial charge in [-0.15, -0.1) is 0 Å². The van der Waals surface area contributed by atoms with E-state index < -0.39 is 28.7 Å². The number of hydrogen-bond acceptors (Lipinski definition) is 6. The van der Waals surface area contributed by atoms with Crippen LogP contribution in [0.2, 0.25) is 10.1 Å². The second-order valence-electron chi connectivity index (χ2n) is 20.3. The van der Waals surface area contributed by atoms with Crippen LogP contribution in [0.15, 0.2) is 200 Å². The molecule has 6 aromatic rings. The summed E-state index contributed by atoms with van der Waals surface area (Å²) in [5.74, 6) is -0.227. The smallest absolute Gasteiger partial charge is 0.343 e. The minimum atomic E-state index is -3.01. The molecule has 0 saturated heterocycles. The fourth-order valence-corrected chi connectivity index (χ4v) is 18.8. The van der Waals surface area contributed by atoms with Crippen molar-refractivity contribution in [2.75, 3.05) is 13.2 Å². The highest BCUT2D eigenvalue weighted by Crippen LogP contribution is 2.40. The van der Waals surface area contributed by atoms with E-state index in [2.05, 4.69) is 188 Å². The van der Waals surface area contributed by atoms with Crippen molar-refractivity contribution in [2.24, 2.45) is 5.92 Å². The zero-order chi connectivity index (χ0) is 49.2. The van der Waals surface area contributed by atoms with Gasteiger partial charge in [-0.25, -0.2) is 4.79 Å². The van der Waals surface area contributed by atoms with Crippen LogP contribution < -0.4 is 20.7 Å². The lowest BCUT2D eigenvalue weighted by atomic mass is 9.97. The molecule has 0 aliphatic heterocycles. The van der Waals surface area contributed by atoms with E-state index in [9.17, 15) is 9.90 Å². The lowest BCUT2D eigenvalue weighted by Crippen LogP contribution is -2.67. The van der Waals surface area contributed by atoms with Gasteiger partial charge in [0.15, 0.2) is 5.76 Å². The van der Waals surface area contributed by atoms with Crippen LogP contribution in [0.1, 0.15) is 103 Å². The summed E-state index contributed by atoms with van der Waals surface area (Å²) in [6.45, 7) is 17.9. The molecule has 0 fully saturated rings. The highest BCUT2D eigenvalue weighted by atomic mass is 28.4. The quantitative estimate of drug-likeness (QED) is 0.0214. The van der Waals surface area contributed by atoms with Gasteiger partial charge < -0.3 is 23.4 Å². The minimum absolute atomic E-state index is 0.102. The Morgan fingerprint density at radius 3 is 1.52 bits per heavy atom. The molecule has 6 rings (SSSR count). The molecule has 0 unspecified atom stereocenters. The Balaban J connectivity index is 1.28. The van der Waals surface area contributed by atoms with Gasteiger partial charge in [-0.1, -0.05) is 224 Å². The third-order valence-electron chi connectivity index (χ3n) is 13.0. The fourth-order valence-electron chi connectivity index (χ4n) is 9.53. The molecule has 1 N–H and O–H groups in total. The third-order valence-corrected chi connectivity index (χ3v) is 23.2. The molecule has 0 aliphatic carbocycles. The van der Waals surface area contributed by atoms with Crippen LogP contribution in [-0.4, -0.2) is 53.1 Å². The Kier molecular flexibility index (Phi) is 19.5. The summed E-state index contributed by atoms with van der Waals surface area (Å²) in [4.78, 5) is 13.5. The lowest BCUT2D eigenvalue weighted by Gasteiger charge is -2.46. The molecule has 0 aliphatic rings. The standard InChI is InChI=1S/C61H74O6Si2/c1-49(44-46-65-68(60(2,3)4,53-33-19-10-20-34-53)54-35-21-11-22-36-54)47-52(67-69(61(5,6)7,55-37-23-12-24-38-55)56-39-25-13-26-40-56)42-43-57(62)58(66-59(63)51-31-17-9-18-32-51)41-27-14-28-45-64-48-50-29-15-8-16-30-50/h8-13,15-27,29-40,49,52,57,62H,14,28,42-48H2,1-7H3/t41?,49-,52+,57-/m0/s1. The van der Waals surface area contributed by atoms with E-state index in [1.54, 1.807) is 24.3 Å². The van der Waals surface area contributed by atoms with Crippen LogP contribution in [0.3, 0.4) is 0 Å². The summed E-state index contributed by atoms with van der Waals surface area (Å²) < 4.78 is 27.2. The number of esters is 1. The molecule has 6 nitrogen and oxygen atoms in total. The maximum Gasteiger partial charge on any atom is 0.343 e. The zero-order valence-corrected chi connectivity index (χ0v) is 44.0. The number of aliphatic hydroxyl groups excluding tert-OH is 1. The van der Waals surface area contributed by atoms with Crippen LogP contribution in [0.4, 0.5) is 0 Å². The number of carbonyl (C=O) groups excluding carboxylic acids is 1. The second kappa shape index (κ2) is 25.4. The predicted octanol–water partition coefficient (Wildman–Crippen LogP) is 12.0. The number of rotatable bonds is 24. The van der Waals surface area contributed by atoms with Crippen LogP contribution in [0.25, 0.3) is 0 Å². The number of unbranched alkanes of at least 4 members (excludes halogenated alkanes) is 1. The van der Waals surface area contributed by atoms with Crippen LogP contribution in [0, 0.1) is 5.92 Å². The average Bonchev–Trinajstić information content (AvgIpc) is 3.36. The molecule has 8 heteroatoms. The molecule has 362 valence electrons. The van der Waals surface area contributed by atoms with Gasteiger partial charge in [0.25, 0.3) is 16.6 Å². The predicted molar refractivity (Wildman–Crippen MR) is 288 cm³/mol. The Morgan fingerprint density at radius 2 is 1.04 bits per heavy atom. The van der Waals surface area contributed by atoms with Gasteiger partial charge in [0.1, 0.15) is 6.10 Å². The maximum absolute atomic E-state index is 13.5. The SMILES string of the molecule is C[C@@H](CCO[Si](c1ccccc1)(c1ccccc1)C(C)(C)C)C[C@@H](CC[C@H](O)C(=C=CCCCOCc1ccccc1)OC(=O)c1ccccc1)O[Si](c1ccccc1)(c1ccccc1)C(C)(C)C. The fraction of sp³-hybridized carbons (Fsp3) is 0.344. The highest BCUT2D eigenvalue weighted by molar-refractivity contribution is 7.00. The number of carbonyl (C=O) groups is 1. The van der Waals surface area contributed by atoms with Gasteiger partial charge in [0.2, 0.25) is 0 Å². The number of hydrogen-bond donors (Lipinski definition) is 1.